The molecule has 0 aliphatic heterocycles. The Kier molecular flexibility index (Phi) is 5.25. The Hall–Kier alpha value is -1.46. The van der Waals surface area contributed by atoms with E-state index >= 15 is 0 Å². The minimum absolute atomic E-state index is 0.0392. The zero-order valence-corrected chi connectivity index (χ0v) is 11.2. The number of rotatable bonds is 6. The average molecular weight is 275 g/mol. The second-order valence-electron chi connectivity index (χ2n) is 3.65. The van der Waals surface area contributed by atoms with Gasteiger partial charge in [0.2, 0.25) is 0 Å². The third-order valence-corrected chi connectivity index (χ3v) is 2.55. The van der Waals surface area contributed by atoms with E-state index in [4.69, 9.17) is 30.9 Å². The van der Waals surface area contributed by atoms with Crippen molar-refractivity contribution < 1.29 is 24.1 Å². The normalized spacial score (nSPS) is 12.0. The monoisotopic (exact) mass is 274 g/mol. The largest absolute Gasteiger partial charge is 0.493 e. The summed E-state index contributed by atoms with van der Waals surface area (Å²) in [7, 11) is 2.97. The van der Waals surface area contributed by atoms with E-state index in [1.807, 2.05) is 6.92 Å². The summed E-state index contributed by atoms with van der Waals surface area (Å²) in [5.41, 5.74) is -0.0392. The lowest BCUT2D eigenvalue weighted by atomic mass is 10.2. The molecule has 100 valence electrons. The number of ether oxygens (including phenoxy) is 3. The highest BCUT2D eigenvalue weighted by Crippen LogP contribution is 2.34. The molecular weight excluding hydrogens is 260 g/mol. The molecule has 0 aliphatic rings. The van der Waals surface area contributed by atoms with Gasteiger partial charge in [-0.1, -0.05) is 11.6 Å². The van der Waals surface area contributed by atoms with E-state index in [-0.39, 0.29) is 34.8 Å². The lowest BCUT2D eigenvalue weighted by Crippen LogP contribution is -2.17. The maximum atomic E-state index is 11.1. The Balaban J connectivity index is 3.09. The van der Waals surface area contributed by atoms with Crippen molar-refractivity contribution in [1.82, 2.24) is 0 Å². The Morgan fingerprint density at radius 3 is 2.61 bits per heavy atom. The minimum Gasteiger partial charge on any atom is -0.493 e. The molecule has 1 rings (SSSR count). The molecule has 0 saturated carbocycles. The van der Waals surface area contributed by atoms with Crippen LogP contribution in [0.3, 0.4) is 0 Å². The Labute approximate surface area is 110 Å². The molecule has 0 spiro atoms. The molecule has 5 nitrogen and oxygen atoms in total. The van der Waals surface area contributed by atoms with E-state index in [9.17, 15) is 4.79 Å². The number of aromatic carboxylic acids is 1. The van der Waals surface area contributed by atoms with E-state index in [2.05, 4.69) is 0 Å². The Bertz CT molecular complexity index is 433. The molecule has 1 N–H and O–H groups in total. The van der Waals surface area contributed by atoms with Gasteiger partial charge in [-0.25, -0.2) is 4.79 Å². The predicted octanol–water partition coefficient (Wildman–Crippen LogP) is 2.46. The fourth-order valence-corrected chi connectivity index (χ4v) is 1.50. The first kappa shape index (κ1) is 14.6. The number of carboxylic acids is 1. The van der Waals surface area contributed by atoms with Crippen molar-refractivity contribution in [3.8, 4) is 11.5 Å². The van der Waals surface area contributed by atoms with E-state index in [0.29, 0.717) is 0 Å². The third kappa shape index (κ3) is 3.51. The van der Waals surface area contributed by atoms with Crippen LogP contribution in [-0.4, -0.2) is 38.0 Å². The summed E-state index contributed by atoms with van der Waals surface area (Å²) in [4.78, 5) is 11.1. The van der Waals surface area contributed by atoms with Gasteiger partial charge in [0.05, 0.1) is 13.2 Å². The standard InChI is InChI=1S/C12H15ClO5/c1-7(16-2)6-18-11-9(12(14)15)4-8(13)5-10(11)17-3/h4-5,7H,6H2,1-3H3,(H,14,15). The van der Waals surface area contributed by atoms with Crippen LogP contribution < -0.4 is 9.47 Å². The zero-order chi connectivity index (χ0) is 13.7. The molecule has 6 heteroatoms. The lowest BCUT2D eigenvalue weighted by molar-refractivity contribution is 0.0639. The smallest absolute Gasteiger partial charge is 0.339 e. The molecule has 1 aromatic rings. The van der Waals surface area contributed by atoms with E-state index in [1.165, 1.54) is 19.2 Å². The molecule has 0 bridgehead atoms. The molecule has 0 aromatic heterocycles. The van der Waals surface area contributed by atoms with Gasteiger partial charge >= 0.3 is 5.97 Å². The van der Waals surface area contributed by atoms with Crippen molar-refractivity contribution in [2.24, 2.45) is 0 Å². The average Bonchev–Trinajstić information content (AvgIpc) is 2.35. The second kappa shape index (κ2) is 6.47. The molecule has 0 amide bonds. The number of hydrogen-bond acceptors (Lipinski definition) is 4. The van der Waals surface area contributed by atoms with Crippen LogP contribution in [0, 0.1) is 0 Å². The zero-order valence-electron chi connectivity index (χ0n) is 10.4. The van der Waals surface area contributed by atoms with Crippen LogP contribution >= 0.6 is 11.6 Å². The summed E-state index contributed by atoms with van der Waals surface area (Å²) in [5.74, 6) is -0.697. The van der Waals surface area contributed by atoms with Crippen LogP contribution in [0.2, 0.25) is 5.02 Å². The summed E-state index contributed by atoms with van der Waals surface area (Å²) in [5, 5.41) is 9.38. The number of benzene rings is 1. The molecule has 1 atom stereocenters. The first-order valence-electron chi connectivity index (χ1n) is 5.26. The van der Waals surface area contributed by atoms with Crippen LogP contribution in [0.5, 0.6) is 11.5 Å². The van der Waals surface area contributed by atoms with Gasteiger partial charge in [0, 0.05) is 18.2 Å². The minimum atomic E-state index is -1.13. The van der Waals surface area contributed by atoms with E-state index in [0.717, 1.165) is 0 Å². The summed E-state index contributed by atoms with van der Waals surface area (Å²) in [6.45, 7) is 2.03. The van der Waals surface area contributed by atoms with Gasteiger partial charge in [-0.15, -0.1) is 0 Å². The summed E-state index contributed by atoms with van der Waals surface area (Å²) in [6, 6.07) is 2.82. The van der Waals surface area contributed by atoms with E-state index in [1.54, 1.807) is 7.11 Å². The molecule has 1 aromatic carbocycles. The number of carboxylic acid groups (broad SMARTS) is 1. The number of halogens is 1. The van der Waals surface area contributed by atoms with Crippen molar-refractivity contribution >= 4 is 17.6 Å². The highest BCUT2D eigenvalue weighted by Gasteiger charge is 2.19. The first-order chi connectivity index (χ1) is 8.49. The van der Waals surface area contributed by atoms with Gasteiger partial charge in [-0.3, -0.25) is 0 Å². The Morgan fingerprint density at radius 2 is 2.11 bits per heavy atom. The van der Waals surface area contributed by atoms with Crippen molar-refractivity contribution in [1.29, 1.82) is 0 Å². The Morgan fingerprint density at radius 1 is 1.44 bits per heavy atom. The van der Waals surface area contributed by atoms with Gasteiger partial charge in [-0.2, -0.15) is 0 Å². The lowest BCUT2D eigenvalue weighted by Gasteiger charge is -2.16. The second-order valence-corrected chi connectivity index (χ2v) is 4.08. The summed E-state index contributed by atoms with van der Waals surface area (Å²) >= 11 is 5.81. The third-order valence-electron chi connectivity index (χ3n) is 2.33. The molecule has 0 fully saturated rings. The highest BCUT2D eigenvalue weighted by atomic mass is 35.5. The van der Waals surface area contributed by atoms with E-state index < -0.39 is 5.97 Å². The van der Waals surface area contributed by atoms with Crippen LogP contribution in [-0.2, 0) is 4.74 Å². The van der Waals surface area contributed by atoms with Gasteiger partial charge in [0.25, 0.3) is 0 Å². The SMILES string of the molecule is COc1cc(Cl)cc(C(=O)O)c1OCC(C)OC. The molecule has 0 radical (unpaired) electrons. The molecule has 0 saturated heterocycles. The fourth-order valence-electron chi connectivity index (χ4n) is 1.30. The first-order valence-corrected chi connectivity index (χ1v) is 5.63. The molecule has 1 unspecified atom stereocenters. The number of methoxy groups -OCH3 is 2. The van der Waals surface area contributed by atoms with Crippen LogP contribution in [0.1, 0.15) is 17.3 Å². The molecule has 18 heavy (non-hydrogen) atoms. The summed E-state index contributed by atoms with van der Waals surface area (Å²) < 4.78 is 15.5. The fraction of sp³-hybridized carbons (Fsp3) is 0.417. The number of carbonyl (C=O) groups is 1. The van der Waals surface area contributed by atoms with Crippen molar-refractivity contribution in [3.05, 3.63) is 22.7 Å². The molecule has 0 aliphatic carbocycles. The van der Waals surface area contributed by atoms with Crippen LogP contribution in [0.25, 0.3) is 0 Å². The van der Waals surface area contributed by atoms with Crippen molar-refractivity contribution in [2.45, 2.75) is 13.0 Å². The maximum absolute atomic E-state index is 11.1. The topological polar surface area (TPSA) is 65.0 Å². The van der Waals surface area contributed by atoms with Gasteiger partial charge in [0.15, 0.2) is 11.5 Å². The van der Waals surface area contributed by atoms with Crippen LogP contribution in [0.15, 0.2) is 12.1 Å². The molecular formula is C12H15ClO5. The predicted molar refractivity (Wildman–Crippen MR) is 66.9 cm³/mol. The maximum Gasteiger partial charge on any atom is 0.339 e. The quantitative estimate of drug-likeness (QED) is 0.863. The number of hydrogen-bond donors (Lipinski definition) is 1. The van der Waals surface area contributed by atoms with Gasteiger partial charge < -0.3 is 19.3 Å². The highest BCUT2D eigenvalue weighted by molar-refractivity contribution is 6.31. The van der Waals surface area contributed by atoms with Gasteiger partial charge in [0.1, 0.15) is 12.2 Å². The van der Waals surface area contributed by atoms with Crippen LogP contribution in [0.4, 0.5) is 0 Å². The van der Waals surface area contributed by atoms with Gasteiger partial charge in [-0.05, 0) is 13.0 Å². The van der Waals surface area contributed by atoms with Crippen molar-refractivity contribution in [2.75, 3.05) is 20.8 Å². The summed E-state index contributed by atoms with van der Waals surface area (Å²) in [6.07, 6.45) is -0.160. The molecule has 0 heterocycles. The van der Waals surface area contributed by atoms with Crippen molar-refractivity contribution in [3.63, 3.8) is 0 Å².